The highest BCUT2D eigenvalue weighted by atomic mass is 35.5. The number of hydrogen-bond acceptors (Lipinski definition) is 10. The van der Waals surface area contributed by atoms with Crippen LogP contribution in [0.3, 0.4) is 0 Å². The minimum absolute atomic E-state index is 0. The second-order valence-electron chi connectivity index (χ2n) is 5.27. The first-order chi connectivity index (χ1) is 10.4. The van der Waals surface area contributed by atoms with Crippen molar-refractivity contribution in [3.05, 3.63) is 6.61 Å². The lowest BCUT2D eigenvalue weighted by Gasteiger charge is -2.43. The van der Waals surface area contributed by atoms with Crippen molar-refractivity contribution >= 4 is 24.8 Å². The molecule has 0 unspecified atom stereocenters. The van der Waals surface area contributed by atoms with Crippen molar-refractivity contribution in [2.45, 2.75) is 55.1 Å². The smallest absolute Gasteiger partial charge is 0.187 e. The SMILES string of the molecule is Cl.Cl.OC[C@H]1O[C@@H](O[C@@H]2[CH]O[C@H](CO)[C@@H](O)[C@@H]2O)[C@@H](O)[C@@H](O)[C@@H]1O. The zero-order valence-corrected chi connectivity index (χ0v) is 14.0. The maximum Gasteiger partial charge on any atom is 0.187 e. The summed E-state index contributed by atoms with van der Waals surface area (Å²) in [6.45, 7) is -0.103. The number of aliphatic hydroxyl groups is 7. The summed E-state index contributed by atoms with van der Waals surface area (Å²) < 4.78 is 15.4. The van der Waals surface area contributed by atoms with E-state index >= 15 is 0 Å². The Labute approximate surface area is 150 Å². The van der Waals surface area contributed by atoms with Gasteiger partial charge in [0.15, 0.2) is 6.29 Å². The first kappa shape index (κ1) is 24.2. The molecular formula is C12H23Cl2O10. The average molecular weight is 398 g/mol. The van der Waals surface area contributed by atoms with Crippen LogP contribution in [0.25, 0.3) is 0 Å². The minimum Gasteiger partial charge on any atom is -0.394 e. The van der Waals surface area contributed by atoms with E-state index in [4.69, 9.17) is 24.4 Å². The number of halogens is 2. The number of rotatable bonds is 4. The Kier molecular flexibility index (Phi) is 10.4. The molecule has 2 aliphatic heterocycles. The normalized spacial score (nSPS) is 45.9. The van der Waals surface area contributed by atoms with Crippen LogP contribution in [-0.4, -0.2) is 104 Å². The molecule has 0 amide bonds. The molecule has 2 heterocycles. The lowest BCUT2D eigenvalue weighted by molar-refractivity contribution is -0.325. The monoisotopic (exact) mass is 397 g/mol. The standard InChI is InChI=1S/C12H21O10.2ClH/c13-1-4-7(15)9(17)6(3-20-4)22-12-11(19)10(18)8(16)5(2-14)21-12;;/h3-19H,1-2H2;2*1H/t4-,5-,6-,7-,8-,9-,10+,11+,12+;;/m1../s1. The number of ether oxygens (including phenoxy) is 3. The third-order valence-electron chi connectivity index (χ3n) is 3.77. The van der Waals surface area contributed by atoms with Crippen molar-refractivity contribution in [2.75, 3.05) is 13.2 Å². The quantitative estimate of drug-likeness (QED) is 0.250. The highest BCUT2D eigenvalue weighted by Crippen LogP contribution is 2.27. The fourth-order valence-electron chi connectivity index (χ4n) is 2.35. The second kappa shape index (κ2) is 10.4. The molecule has 2 rings (SSSR count). The van der Waals surface area contributed by atoms with Gasteiger partial charge < -0.3 is 50.0 Å². The van der Waals surface area contributed by atoms with Gasteiger partial charge in [0.05, 0.1) is 13.2 Å². The summed E-state index contributed by atoms with van der Waals surface area (Å²) in [5, 5.41) is 66.7. The van der Waals surface area contributed by atoms with Crippen molar-refractivity contribution < 1.29 is 50.0 Å². The van der Waals surface area contributed by atoms with Crippen LogP contribution in [0, 0.1) is 6.61 Å². The molecule has 0 aliphatic carbocycles. The molecule has 145 valence electrons. The predicted molar refractivity (Wildman–Crippen MR) is 81.4 cm³/mol. The van der Waals surface area contributed by atoms with Gasteiger partial charge >= 0.3 is 0 Å². The average Bonchev–Trinajstić information content (AvgIpc) is 2.52. The Morgan fingerprint density at radius 3 is 1.83 bits per heavy atom. The molecular weight excluding hydrogens is 375 g/mol. The Morgan fingerprint density at radius 1 is 0.750 bits per heavy atom. The van der Waals surface area contributed by atoms with E-state index in [0.29, 0.717) is 0 Å². The van der Waals surface area contributed by atoms with Gasteiger partial charge in [-0.3, -0.25) is 0 Å². The maximum atomic E-state index is 9.90. The highest BCUT2D eigenvalue weighted by molar-refractivity contribution is 5.85. The summed E-state index contributed by atoms with van der Waals surface area (Å²) >= 11 is 0. The van der Waals surface area contributed by atoms with Crippen LogP contribution in [0.2, 0.25) is 0 Å². The highest BCUT2D eigenvalue weighted by Gasteiger charge is 2.47. The van der Waals surface area contributed by atoms with E-state index in [1.807, 2.05) is 0 Å². The molecule has 12 heteroatoms. The Bertz CT molecular complexity index is 363. The van der Waals surface area contributed by atoms with Gasteiger partial charge in [0.2, 0.25) is 0 Å². The van der Waals surface area contributed by atoms with Gasteiger partial charge in [0.1, 0.15) is 55.4 Å². The molecule has 0 spiro atoms. The fraction of sp³-hybridized carbons (Fsp3) is 0.917. The largest absolute Gasteiger partial charge is 0.394 e. The molecule has 2 aliphatic rings. The lowest BCUT2D eigenvalue weighted by atomic mass is 9.98. The van der Waals surface area contributed by atoms with E-state index in [2.05, 4.69) is 0 Å². The van der Waals surface area contributed by atoms with E-state index in [1.54, 1.807) is 0 Å². The van der Waals surface area contributed by atoms with Crippen molar-refractivity contribution in [1.29, 1.82) is 0 Å². The van der Waals surface area contributed by atoms with E-state index in [9.17, 15) is 25.5 Å². The van der Waals surface area contributed by atoms with Crippen LogP contribution >= 0.6 is 24.8 Å². The fourth-order valence-corrected chi connectivity index (χ4v) is 2.35. The summed E-state index contributed by atoms with van der Waals surface area (Å²) in [5.41, 5.74) is 0. The molecule has 7 N–H and O–H groups in total. The molecule has 0 saturated carbocycles. The summed E-state index contributed by atoms with van der Waals surface area (Å²) in [6, 6.07) is 0. The van der Waals surface area contributed by atoms with Crippen LogP contribution in [-0.2, 0) is 14.2 Å². The predicted octanol–water partition coefficient (Wildman–Crippen LogP) is -3.71. The third-order valence-corrected chi connectivity index (χ3v) is 3.77. The second-order valence-corrected chi connectivity index (χ2v) is 5.27. The van der Waals surface area contributed by atoms with E-state index in [0.717, 1.165) is 6.61 Å². The number of hydrogen-bond donors (Lipinski definition) is 7. The summed E-state index contributed by atoms with van der Waals surface area (Å²) in [7, 11) is 0. The summed E-state index contributed by atoms with van der Waals surface area (Å²) in [6.07, 6.45) is -12.5. The van der Waals surface area contributed by atoms with Crippen molar-refractivity contribution in [3.63, 3.8) is 0 Å². The molecule has 2 fully saturated rings. The topological polar surface area (TPSA) is 169 Å². The summed E-state index contributed by atoms with van der Waals surface area (Å²) in [5.74, 6) is 0. The molecule has 0 aromatic heterocycles. The van der Waals surface area contributed by atoms with Crippen LogP contribution < -0.4 is 0 Å². The molecule has 0 bridgehead atoms. The van der Waals surface area contributed by atoms with Crippen molar-refractivity contribution in [3.8, 4) is 0 Å². The van der Waals surface area contributed by atoms with Crippen LogP contribution in [0.5, 0.6) is 0 Å². The van der Waals surface area contributed by atoms with Gasteiger partial charge in [-0.05, 0) is 0 Å². The van der Waals surface area contributed by atoms with Crippen LogP contribution in [0.1, 0.15) is 0 Å². The minimum atomic E-state index is -1.63. The molecule has 9 atom stereocenters. The first-order valence-corrected chi connectivity index (χ1v) is 6.82. The van der Waals surface area contributed by atoms with Gasteiger partial charge in [-0.25, -0.2) is 0 Å². The zero-order valence-electron chi connectivity index (χ0n) is 12.4. The van der Waals surface area contributed by atoms with Crippen molar-refractivity contribution in [1.82, 2.24) is 0 Å². The van der Waals surface area contributed by atoms with E-state index in [1.165, 1.54) is 0 Å². The molecule has 10 nitrogen and oxygen atoms in total. The lowest BCUT2D eigenvalue weighted by Crippen LogP contribution is -2.61. The summed E-state index contributed by atoms with van der Waals surface area (Å²) in [4.78, 5) is 0. The zero-order chi connectivity index (χ0) is 16.4. The van der Waals surface area contributed by atoms with Crippen LogP contribution in [0.4, 0.5) is 0 Å². The van der Waals surface area contributed by atoms with Gasteiger partial charge in [-0.2, -0.15) is 0 Å². The van der Waals surface area contributed by atoms with E-state index in [-0.39, 0.29) is 24.8 Å². The Hall–Kier alpha value is 0.180. The Balaban J connectivity index is 0.00000264. The molecule has 0 aromatic carbocycles. The van der Waals surface area contributed by atoms with E-state index < -0.39 is 68.3 Å². The third kappa shape index (κ3) is 4.87. The maximum absolute atomic E-state index is 9.90. The first-order valence-electron chi connectivity index (χ1n) is 6.82. The van der Waals surface area contributed by atoms with Crippen LogP contribution in [0.15, 0.2) is 0 Å². The number of aliphatic hydroxyl groups excluding tert-OH is 7. The van der Waals surface area contributed by atoms with Gasteiger partial charge in [-0.15, -0.1) is 24.8 Å². The molecule has 0 aromatic rings. The molecule has 24 heavy (non-hydrogen) atoms. The van der Waals surface area contributed by atoms with Gasteiger partial charge in [0.25, 0.3) is 0 Å². The molecule has 2 saturated heterocycles. The Morgan fingerprint density at radius 2 is 1.29 bits per heavy atom. The van der Waals surface area contributed by atoms with Gasteiger partial charge in [0, 0.05) is 0 Å². The van der Waals surface area contributed by atoms with Gasteiger partial charge in [-0.1, -0.05) is 0 Å². The van der Waals surface area contributed by atoms with Crippen molar-refractivity contribution in [2.24, 2.45) is 0 Å². The molecule has 1 radical (unpaired) electrons.